The fourth-order valence-electron chi connectivity index (χ4n) is 3.12. The van der Waals surface area contributed by atoms with Crippen LogP contribution >= 0.6 is 0 Å². The van der Waals surface area contributed by atoms with Gasteiger partial charge in [0, 0.05) is 5.69 Å². The van der Waals surface area contributed by atoms with Crippen LogP contribution in [-0.4, -0.2) is 32.3 Å². The van der Waals surface area contributed by atoms with Crippen molar-refractivity contribution in [3.8, 4) is 0 Å². The van der Waals surface area contributed by atoms with Crippen molar-refractivity contribution < 1.29 is 19.4 Å². The third-order valence-electron chi connectivity index (χ3n) is 5.15. The summed E-state index contributed by atoms with van der Waals surface area (Å²) in [5, 5.41) is 21.8. The molecule has 3 aromatic rings. The molecule has 9 nitrogen and oxygen atoms in total. The molecule has 174 valence electrons. The number of aliphatic hydroxyl groups is 1. The third-order valence-corrected chi connectivity index (χ3v) is 5.15. The van der Waals surface area contributed by atoms with E-state index in [9.17, 15) is 9.59 Å². The van der Waals surface area contributed by atoms with Crippen LogP contribution in [0, 0.1) is 5.92 Å². The Hall–Kier alpha value is -3.72. The van der Waals surface area contributed by atoms with E-state index in [1.807, 2.05) is 44.2 Å². The van der Waals surface area contributed by atoms with Crippen LogP contribution in [0.5, 0.6) is 0 Å². The van der Waals surface area contributed by atoms with Gasteiger partial charge in [-0.1, -0.05) is 56.3 Å². The minimum atomic E-state index is -0.620. The molecule has 0 spiro atoms. The second-order valence-electron chi connectivity index (χ2n) is 8.07. The monoisotopic (exact) mass is 451 g/mol. The number of hydrogen-bond acceptors (Lipinski definition) is 6. The summed E-state index contributed by atoms with van der Waals surface area (Å²) < 4.78 is 5.31. The molecule has 0 radical (unpaired) electrons. The minimum absolute atomic E-state index is 0.00393. The van der Waals surface area contributed by atoms with Crippen molar-refractivity contribution in [2.45, 2.75) is 45.9 Å². The number of rotatable bonds is 9. The Bertz CT molecular complexity index is 1050. The lowest BCUT2D eigenvalue weighted by molar-refractivity contribution is -0.117. The van der Waals surface area contributed by atoms with E-state index in [1.54, 1.807) is 31.2 Å². The quantitative estimate of drug-likeness (QED) is 0.393. The fourth-order valence-corrected chi connectivity index (χ4v) is 3.12. The summed E-state index contributed by atoms with van der Waals surface area (Å²) in [4.78, 5) is 29.4. The maximum atomic E-state index is 12.6. The molecule has 1 heterocycles. The number of aliphatic hydroxyl groups excluding tert-OH is 1. The summed E-state index contributed by atoms with van der Waals surface area (Å²) in [5.41, 5.74) is 2.26. The number of ether oxygens (including phenoxy) is 1. The highest BCUT2D eigenvalue weighted by Gasteiger charge is 2.26. The molecular weight excluding hydrogens is 422 g/mol. The van der Waals surface area contributed by atoms with Gasteiger partial charge in [0.15, 0.2) is 5.82 Å². The molecule has 1 aromatic heterocycles. The largest absolute Gasteiger partial charge is 0.445 e. The number of aromatic amines is 1. The van der Waals surface area contributed by atoms with Crippen molar-refractivity contribution in [2.24, 2.45) is 5.92 Å². The third kappa shape index (κ3) is 6.63. The van der Waals surface area contributed by atoms with E-state index < -0.39 is 18.1 Å². The first-order chi connectivity index (χ1) is 15.9. The van der Waals surface area contributed by atoms with Gasteiger partial charge in [-0.15, -0.1) is 0 Å². The van der Waals surface area contributed by atoms with Crippen molar-refractivity contribution in [1.82, 2.24) is 20.5 Å². The van der Waals surface area contributed by atoms with E-state index in [0.717, 1.165) is 11.1 Å². The number of aromatic nitrogens is 3. The molecule has 0 aliphatic heterocycles. The van der Waals surface area contributed by atoms with Crippen molar-refractivity contribution in [3.63, 3.8) is 0 Å². The van der Waals surface area contributed by atoms with Gasteiger partial charge in [-0.2, -0.15) is 5.10 Å². The number of carbonyl (C=O) groups excluding carboxylic acids is 2. The van der Waals surface area contributed by atoms with Gasteiger partial charge in [-0.05, 0) is 36.1 Å². The molecule has 0 unspecified atom stereocenters. The molecular formula is C24H29N5O4. The number of benzene rings is 2. The van der Waals surface area contributed by atoms with Crippen LogP contribution in [0.4, 0.5) is 10.5 Å². The van der Waals surface area contributed by atoms with Crippen LogP contribution in [0.25, 0.3) is 0 Å². The SMILES string of the molecule is CC(C)[C@H](NC(=O)OCc1ccccc1)c1nc([C@H](C)C(=O)Nc2ccc(CO)cc2)n[nH]1. The average molecular weight is 452 g/mol. The summed E-state index contributed by atoms with van der Waals surface area (Å²) in [7, 11) is 0. The van der Waals surface area contributed by atoms with Crippen LogP contribution in [0.3, 0.4) is 0 Å². The second kappa shape index (κ2) is 11.2. The number of hydrogen-bond donors (Lipinski definition) is 4. The Labute approximate surface area is 192 Å². The Kier molecular flexibility index (Phi) is 8.15. The molecule has 0 saturated carbocycles. The Balaban J connectivity index is 1.61. The highest BCUT2D eigenvalue weighted by atomic mass is 16.5. The zero-order valence-electron chi connectivity index (χ0n) is 18.9. The standard InChI is InChI=1S/C24H29N5O4/c1-15(2)20(26-24(32)33-14-18-7-5-4-6-8-18)22-27-21(28-29-22)16(3)23(31)25-19-11-9-17(13-30)10-12-19/h4-12,15-16,20,30H,13-14H2,1-3H3,(H,25,31)(H,26,32)(H,27,28,29)/t16-,20-/m0/s1. The van der Waals surface area contributed by atoms with Crippen LogP contribution in [0.2, 0.25) is 0 Å². The molecule has 33 heavy (non-hydrogen) atoms. The van der Waals surface area contributed by atoms with E-state index >= 15 is 0 Å². The first-order valence-electron chi connectivity index (χ1n) is 10.8. The predicted octanol–water partition coefficient (Wildman–Crippen LogP) is 3.66. The zero-order chi connectivity index (χ0) is 23.8. The van der Waals surface area contributed by atoms with Crippen LogP contribution in [0.1, 0.15) is 55.5 Å². The normalized spacial score (nSPS) is 12.8. The van der Waals surface area contributed by atoms with E-state index in [0.29, 0.717) is 17.3 Å². The minimum Gasteiger partial charge on any atom is -0.445 e. The van der Waals surface area contributed by atoms with Crippen LogP contribution in [-0.2, 0) is 22.7 Å². The van der Waals surface area contributed by atoms with Gasteiger partial charge in [-0.25, -0.2) is 9.78 Å². The highest BCUT2D eigenvalue weighted by molar-refractivity contribution is 5.95. The lowest BCUT2D eigenvalue weighted by Gasteiger charge is -2.19. The molecule has 4 N–H and O–H groups in total. The molecule has 2 aromatic carbocycles. The molecule has 0 bridgehead atoms. The van der Waals surface area contributed by atoms with Gasteiger partial charge in [0.2, 0.25) is 5.91 Å². The van der Waals surface area contributed by atoms with Crippen molar-refractivity contribution >= 4 is 17.7 Å². The molecule has 0 aliphatic carbocycles. The summed E-state index contributed by atoms with van der Waals surface area (Å²) >= 11 is 0. The first kappa shape index (κ1) is 23.9. The lowest BCUT2D eigenvalue weighted by Crippen LogP contribution is -2.33. The number of nitrogens with one attached hydrogen (secondary N) is 3. The molecule has 0 saturated heterocycles. The molecule has 2 amide bonds. The van der Waals surface area contributed by atoms with Crippen molar-refractivity contribution in [2.75, 3.05) is 5.32 Å². The number of alkyl carbamates (subject to hydrolysis) is 1. The van der Waals surface area contributed by atoms with Crippen molar-refractivity contribution in [3.05, 3.63) is 77.4 Å². The van der Waals surface area contributed by atoms with E-state index in [1.165, 1.54) is 0 Å². The summed E-state index contributed by atoms with van der Waals surface area (Å²) in [5.74, 6) is -0.119. The van der Waals surface area contributed by atoms with E-state index in [4.69, 9.17) is 9.84 Å². The molecule has 9 heteroatoms. The molecule has 0 aliphatic rings. The van der Waals surface area contributed by atoms with Gasteiger partial charge in [0.1, 0.15) is 12.4 Å². The van der Waals surface area contributed by atoms with E-state index in [-0.39, 0.29) is 25.0 Å². The van der Waals surface area contributed by atoms with Crippen molar-refractivity contribution in [1.29, 1.82) is 0 Å². The maximum absolute atomic E-state index is 12.6. The number of carbonyl (C=O) groups is 2. The molecule has 0 fully saturated rings. The predicted molar refractivity (Wildman–Crippen MR) is 123 cm³/mol. The fraction of sp³-hybridized carbons (Fsp3) is 0.333. The van der Waals surface area contributed by atoms with Gasteiger partial charge < -0.3 is 20.5 Å². The van der Waals surface area contributed by atoms with Gasteiger partial charge in [-0.3, -0.25) is 9.89 Å². The number of nitrogens with zero attached hydrogens (tertiary/aromatic N) is 2. The topological polar surface area (TPSA) is 129 Å². The molecule has 2 atom stereocenters. The maximum Gasteiger partial charge on any atom is 0.408 e. The highest BCUT2D eigenvalue weighted by Crippen LogP contribution is 2.21. The average Bonchev–Trinajstić information content (AvgIpc) is 3.31. The van der Waals surface area contributed by atoms with Gasteiger partial charge in [0.05, 0.1) is 18.6 Å². The summed E-state index contributed by atoms with van der Waals surface area (Å²) in [6.45, 7) is 5.69. The smallest absolute Gasteiger partial charge is 0.408 e. The lowest BCUT2D eigenvalue weighted by atomic mass is 10.0. The zero-order valence-corrected chi connectivity index (χ0v) is 18.9. The van der Waals surface area contributed by atoms with Crippen LogP contribution < -0.4 is 10.6 Å². The molecule has 3 rings (SSSR count). The number of anilines is 1. The van der Waals surface area contributed by atoms with Gasteiger partial charge >= 0.3 is 6.09 Å². The van der Waals surface area contributed by atoms with E-state index in [2.05, 4.69) is 25.8 Å². The Morgan fingerprint density at radius 2 is 1.73 bits per heavy atom. The number of H-pyrrole nitrogens is 1. The van der Waals surface area contributed by atoms with Gasteiger partial charge in [0.25, 0.3) is 0 Å². The summed E-state index contributed by atoms with van der Waals surface area (Å²) in [6, 6.07) is 15.9. The summed E-state index contributed by atoms with van der Waals surface area (Å²) in [6.07, 6.45) is -0.562. The first-order valence-corrected chi connectivity index (χ1v) is 10.8. The van der Waals surface area contributed by atoms with Crippen LogP contribution in [0.15, 0.2) is 54.6 Å². The second-order valence-corrected chi connectivity index (χ2v) is 8.07. The Morgan fingerprint density at radius 1 is 1.03 bits per heavy atom. The Morgan fingerprint density at radius 3 is 2.36 bits per heavy atom. The number of amides is 2.